The van der Waals surface area contributed by atoms with Crippen LogP contribution in [0.1, 0.15) is 53.6 Å². The van der Waals surface area contributed by atoms with E-state index in [1.807, 2.05) is 6.07 Å². The molecule has 1 aromatic rings. The van der Waals surface area contributed by atoms with Gasteiger partial charge in [-0.15, -0.1) is 0 Å². The van der Waals surface area contributed by atoms with E-state index in [1.54, 1.807) is 0 Å². The van der Waals surface area contributed by atoms with E-state index in [0.717, 1.165) is 18.4 Å². The number of hydrogen-bond acceptors (Lipinski definition) is 2. The highest BCUT2D eigenvalue weighted by Crippen LogP contribution is 2.22. The summed E-state index contributed by atoms with van der Waals surface area (Å²) in [5, 5.41) is 8.45. The van der Waals surface area contributed by atoms with Crippen molar-refractivity contribution < 1.29 is 4.79 Å². The van der Waals surface area contributed by atoms with Crippen LogP contribution in [0.3, 0.4) is 0 Å². The number of rotatable bonds is 4. The van der Waals surface area contributed by atoms with Gasteiger partial charge in [0.15, 0.2) is 5.78 Å². The quantitative estimate of drug-likeness (QED) is 0.584. The molecule has 0 saturated carbocycles. The minimum absolute atomic E-state index is 0.175. The van der Waals surface area contributed by atoms with Gasteiger partial charge in [-0.3, -0.25) is 4.79 Å². The van der Waals surface area contributed by atoms with Crippen LogP contribution < -0.4 is 0 Å². The summed E-state index contributed by atoms with van der Waals surface area (Å²) < 4.78 is 0. The Morgan fingerprint density at radius 3 is 2.76 bits per heavy atom. The van der Waals surface area contributed by atoms with E-state index >= 15 is 0 Å². The van der Waals surface area contributed by atoms with Crippen LogP contribution in [0.2, 0.25) is 0 Å². The second-order valence-electron chi connectivity index (χ2n) is 4.63. The summed E-state index contributed by atoms with van der Waals surface area (Å²) in [6.45, 7) is 0. The van der Waals surface area contributed by atoms with Crippen molar-refractivity contribution in [1.29, 1.82) is 5.26 Å². The number of aryl methyl sites for hydroxylation is 2. The van der Waals surface area contributed by atoms with Gasteiger partial charge in [0.1, 0.15) is 0 Å². The molecule has 0 atom stereocenters. The predicted molar refractivity (Wildman–Crippen MR) is 66.9 cm³/mol. The van der Waals surface area contributed by atoms with Crippen LogP contribution in [0.5, 0.6) is 0 Å². The number of nitriles is 1. The number of benzene rings is 1. The fraction of sp³-hybridized carbons (Fsp3) is 0.467. The van der Waals surface area contributed by atoms with Crippen LogP contribution >= 0.6 is 0 Å². The van der Waals surface area contributed by atoms with Gasteiger partial charge in [-0.05, 0) is 49.3 Å². The Bertz CT molecular complexity index is 456. The van der Waals surface area contributed by atoms with E-state index in [0.29, 0.717) is 19.3 Å². The molecule has 0 N–H and O–H groups in total. The van der Waals surface area contributed by atoms with Crippen molar-refractivity contribution in [2.75, 3.05) is 0 Å². The Balaban J connectivity index is 2.06. The molecule has 0 saturated heterocycles. The molecule has 2 heteroatoms. The van der Waals surface area contributed by atoms with Gasteiger partial charge in [0.05, 0.1) is 6.07 Å². The van der Waals surface area contributed by atoms with Crippen molar-refractivity contribution in [1.82, 2.24) is 0 Å². The molecule has 0 bridgehead atoms. The summed E-state index contributed by atoms with van der Waals surface area (Å²) in [4.78, 5) is 11.9. The van der Waals surface area contributed by atoms with Crippen LogP contribution in [-0.4, -0.2) is 5.78 Å². The second-order valence-corrected chi connectivity index (χ2v) is 4.63. The SMILES string of the molecule is N#CCCCC(=O)c1ccc2c(c1)CCCC2. The average Bonchev–Trinajstić information content (AvgIpc) is 2.38. The zero-order chi connectivity index (χ0) is 12.1. The molecule has 0 spiro atoms. The molecule has 0 aliphatic heterocycles. The number of Topliss-reactive ketones (excluding diaryl/α,β-unsaturated/α-hetero) is 1. The van der Waals surface area contributed by atoms with Crippen LogP contribution in [-0.2, 0) is 12.8 Å². The van der Waals surface area contributed by atoms with E-state index in [2.05, 4.69) is 18.2 Å². The lowest BCUT2D eigenvalue weighted by molar-refractivity contribution is 0.0980. The number of nitrogens with zero attached hydrogens (tertiary/aromatic N) is 1. The number of carbonyl (C=O) groups is 1. The van der Waals surface area contributed by atoms with Gasteiger partial charge in [0.2, 0.25) is 0 Å². The summed E-state index contributed by atoms with van der Waals surface area (Å²) in [5.74, 6) is 0.175. The monoisotopic (exact) mass is 227 g/mol. The van der Waals surface area contributed by atoms with E-state index in [1.165, 1.54) is 24.0 Å². The van der Waals surface area contributed by atoms with Crippen LogP contribution in [0.4, 0.5) is 0 Å². The molecule has 1 aromatic carbocycles. The third-order valence-electron chi connectivity index (χ3n) is 3.36. The smallest absolute Gasteiger partial charge is 0.162 e. The number of carbonyl (C=O) groups excluding carboxylic acids is 1. The standard InChI is InChI=1S/C15H17NO/c16-10-4-3-7-15(17)14-9-8-12-5-1-2-6-13(12)11-14/h8-9,11H,1-7H2. The number of hydrogen-bond donors (Lipinski definition) is 0. The molecule has 2 nitrogen and oxygen atoms in total. The summed E-state index contributed by atoms with van der Waals surface area (Å²) in [6, 6.07) is 8.18. The van der Waals surface area contributed by atoms with Gasteiger partial charge in [-0.25, -0.2) is 0 Å². The first-order valence-electron chi connectivity index (χ1n) is 6.33. The zero-order valence-corrected chi connectivity index (χ0v) is 10.0. The van der Waals surface area contributed by atoms with E-state index in [4.69, 9.17) is 5.26 Å². The molecule has 1 aliphatic carbocycles. The number of unbranched alkanes of at least 4 members (excludes halogenated alkanes) is 1. The molecule has 1 aliphatic rings. The summed E-state index contributed by atoms with van der Waals surface area (Å²) in [6.07, 6.45) is 6.39. The van der Waals surface area contributed by atoms with Crippen molar-refractivity contribution >= 4 is 5.78 Å². The van der Waals surface area contributed by atoms with Gasteiger partial charge in [-0.2, -0.15) is 5.26 Å². The third-order valence-corrected chi connectivity index (χ3v) is 3.36. The van der Waals surface area contributed by atoms with E-state index in [9.17, 15) is 4.79 Å². The fourth-order valence-corrected chi connectivity index (χ4v) is 2.38. The normalized spacial score (nSPS) is 13.8. The van der Waals surface area contributed by atoms with Gasteiger partial charge in [-0.1, -0.05) is 12.1 Å². The Morgan fingerprint density at radius 1 is 1.24 bits per heavy atom. The predicted octanol–water partition coefficient (Wildman–Crippen LogP) is 3.44. The largest absolute Gasteiger partial charge is 0.294 e. The van der Waals surface area contributed by atoms with Gasteiger partial charge >= 0.3 is 0 Å². The highest BCUT2D eigenvalue weighted by Gasteiger charge is 2.12. The van der Waals surface area contributed by atoms with Crippen molar-refractivity contribution in [2.45, 2.75) is 44.9 Å². The topological polar surface area (TPSA) is 40.9 Å². The van der Waals surface area contributed by atoms with Crippen molar-refractivity contribution in [2.24, 2.45) is 0 Å². The minimum Gasteiger partial charge on any atom is -0.294 e. The first kappa shape index (κ1) is 11.9. The zero-order valence-electron chi connectivity index (χ0n) is 10.0. The molecule has 0 amide bonds. The van der Waals surface area contributed by atoms with Crippen molar-refractivity contribution in [3.63, 3.8) is 0 Å². The maximum atomic E-state index is 11.9. The van der Waals surface area contributed by atoms with E-state index < -0.39 is 0 Å². The van der Waals surface area contributed by atoms with Crippen molar-refractivity contribution in [3.05, 3.63) is 34.9 Å². The lowest BCUT2D eigenvalue weighted by atomic mass is 9.89. The maximum absolute atomic E-state index is 11.9. The number of ketones is 1. The number of fused-ring (bicyclic) bond motifs is 1. The van der Waals surface area contributed by atoms with Gasteiger partial charge < -0.3 is 0 Å². The molecular weight excluding hydrogens is 210 g/mol. The third kappa shape index (κ3) is 2.94. The molecule has 0 aromatic heterocycles. The Hall–Kier alpha value is -1.62. The first-order valence-corrected chi connectivity index (χ1v) is 6.33. The molecule has 0 fully saturated rings. The van der Waals surface area contributed by atoms with Gasteiger partial charge in [0, 0.05) is 18.4 Å². The first-order chi connectivity index (χ1) is 8.31. The van der Waals surface area contributed by atoms with Crippen LogP contribution in [0.25, 0.3) is 0 Å². The average molecular weight is 227 g/mol. The summed E-state index contributed by atoms with van der Waals surface area (Å²) in [7, 11) is 0. The fourth-order valence-electron chi connectivity index (χ4n) is 2.38. The van der Waals surface area contributed by atoms with Gasteiger partial charge in [0.25, 0.3) is 0 Å². The van der Waals surface area contributed by atoms with E-state index in [-0.39, 0.29) is 5.78 Å². The molecule has 17 heavy (non-hydrogen) atoms. The Labute approximate surface area is 102 Å². The molecule has 0 heterocycles. The molecular formula is C15H17NO. The lowest BCUT2D eigenvalue weighted by Crippen LogP contribution is -2.06. The van der Waals surface area contributed by atoms with Crippen LogP contribution in [0.15, 0.2) is 18.2 Å². The molecule has 88 valence electrons. The minimum atomic E-state index is 0.175. The van der Waals surface area contributed by atoms with Crippen LogP contribution in [0, 0.1) is 11.3 Å². The molecule has 0 radical (unpaired) electrons. The molecule has 0 unspecified atom stereocenters. The summed E-state index contributed by atoms with van der Waals surface area (Å²) >= 11 is 0. The highest BCUT2D eigenvalue weighted by molar-refractivity contribution is 5.96. The Kier molecular flexibility index (Phi) is 3.93. The lowest BCUT2D eigenvalue weighted by Gasteiger charge is -2.16. The Morgan fingerprint density at radius 2 is 2.00 bits per heavy atom. The maximum Gasteiger partial charge on any atom is 0.162 e. The molecule has 2 rings (SSSR count). The second kappa shape index (κ2) is 5.63. The summed E-state index contributed by atoms with van der Waals surface area (Å²) in [5.41, 5.74) is 3.58. The van der Waals surface area contributed by atoms with Crippen molar-refractivity contribution in [3.8, 4) is 6.07 Å². The highest BCUT2D eigenvalue weighted by atomic mass is 16.1.